The number of ether oxygens (including phenoxy) is 2. The molecule has 0 fully saturated rings. The molecule has 1 aliphatic rings. The number of benzene rings is 1. The van der Waals surface area contributed by atoms with Gasteiger partial charge in [0.2, 0.25) is 10.0 Å². The van der Waals surface area contributed by atoms with Gasteiger partial charge in [-0.05, 0) is 43.0 Å². The van der Waals surface area contributed by atoms with Gasteiger partial charge < -0.3 is 19.7 Å². The van der Waals surface area contributed by atoms with Gasteiger partial charge in [-0.3, -0.25) is 4.99 Å². The third-order valence-electron chi connectivity index (χ3n) is 5.00. The van der Waals surface area contributed by atoms with Gasteiger partial charge >= 0.3 is 0 Å². The standard InChI is InChI=1S/C19H32N4O4S/c1-6-28(24,25)22(3)10-7-9-21-19(20-2)23-11-8-15-12-17(26-4)18(27-5)13-16(15)14-23/h12-13H,6-11,14H2,1-5H3,(H,20,21). The first-order valence-electron chi connectivity index (χ1n) is 9.49. The Hall–Kier alpha value is -2.00. The van der Waals surface area contributed by atoms with Crippen LogP contribution in [0.1, 0.15) is 24.5 Å². The van der Waals surface area contributed by atoms with E-state index in [0.29, 0.717) is 19.5 Å². The fraction of sp³-hybridized carbons (Fsp3) is 0.632. The van der Waals surface area contributed by atoms with Crippen LogP contribution >= 0.6 is 0 Å². The molecule has 8 nitrogen and oxygen atoms in total. The lowest BCUT2D eigenvalue weighted by molar-refractivity contribution is 0.345. The predicted octanol–water partition coefficient (Wildman–Crippen LogP) is 1.31. The van der Waals surface area contributed by atoms with Crippen molar-refractivity contribution >= 4 is 16.0 Å². The molecule has 9 heteroatoms. The van der Waals surface area contributed by atoms with Gasteiger partial charge in [-0.2, -0.15) is 0 Å². The number of hydrogen-bond acceptors (Lipinski definition) is 5. The number of fused-ring (bicyclic) bond motifs is 1. The summed E-state index contributed by atoms with van der Waals surface area (Å²) in [6.07, 6.45) is 1.61. The second-order valence-corrected chi connectivity index (χ2v) is 9.06. The fourth-order valence-electron chi connectivity index (χ4n) is 3.26. The van der Waals surface area contributed by atoms with E-state index in [1.165, 1.54) is 15.4 Å². The van der Waals surface area contributed by atoms with Crippen molar-refractivity contribution < 1.29 is 17.9 Å². The minimum atomic E-state index is -3.13. The Kier molecular flexibility index (Phi) is 7.94. The molecule has 0 atom stereocenters. The lowest BCUT2D eigenvalue weighted by Crippen LogP contribution is -2.44. The Morgan fingerprint density at radius 2 is 1.89 bits per heavy atom. The quantitative estimate of drug-likeness (QED) is 0.394. The van der Waals surface area contributed by atoms with Gasteiger partial charge in [0, 0.05) is 40.3 Å². The predicted molar refractivity (Wildman–Crippen MR) is 112 cm³/mol. The van der Waals surface area contributed by atoms with E-state index in [9.17, 15) is 8.42 Å². The van der Waals surface area contributed by atoms with Crippen LogP contribution in [0.25, 0.3) is 0 Å². The smallest absolute Gasteiger partial charge is 0.213 e. The van der Waals surface area contributed by atoms with E-state index in [1.807, 2.05) is 12.1 Å². The summed E-state index contributed by atoms with van der Waals surface area (Å²) in [6.45, 7) is 4.39. The molecular weight excluding hydrogens is 380 g/mol. The van der Waals surface area contributed by atoms with Crippen LogP contribution in [0.5, 0.6) is 11.5 Å². The summed E-state index contributed by atoms with van der Waals surface area (Å²) in [5.74, 6) is 2.43. The molecule has 0 unspecified atom stereocenters. The highest BCUT2D eigenvalue weighted by Gasteiger charge is 2.21. The molecule has 158 valence electrons. The van der Waals surface area contributed by atoms with E-state index in [1.54, 1.807) is 35.2 Å². The second kappa shape index (κ2) is 9.97. The van der Waals surface area contributed by atoms with Gasteiger partial charge in [0.25, 0.3) is 0 Å². The highest BCUT2D eigenvalue weighted by molar-refractivity contribution is 7.89. The molecule has 1 aromatic carbocycles. The Labute approximate surface area is 168 Å². The van der Waals surface area contributed by atoms with Crippen molar-refractivity contribution in [3.8, 4) is 11.5 Å². The molecule has 1 heterocycles. The van der Waals surface area contributed by atoms with E-state index >= 15 is 0 Å². The number of sulfonamides is 1. The van der Waals surface area contributed by atoms with Crippen LogP contribution in [0.3, 0.4) is 0 Å². The molecule has 1 N–H and O–H groups in total. The molecule has 0 radical (unpaired) electrons. The Balaban J connectivity index is 1.94. The summed E-state index contributed by atoms with van der Waals surface area (Å²) in [5.41, 5.74) is 2.45. The SMILES string of the molecule is CCS(=O)(=O)N(C)CCCNC(=NC)N1CCc2cc(OC)c(OC)cc2C1. The van der Waals surface area contributed by atoms with Gasteiger partial charge in [-0.1, -0.05) is 0 Å². The summed E-state index contributed by atoms with van der Waals surface area (Å²) in [7, 11) is 3.55. The van der Waals surface area contributed by atoms with Crippen LogP contribution in [-0.2, 0) is 23.0 Å². The van der Waals surface area contributed by atoms with Crippen molar-refractivity contribution in [3.05, 3.63) is 23.3 Å². The molecule has 0 aliphatic carbocycles. The molecule has 0 saturated carbocycles. The third-order valence-corrected chi connectivity index (χ3v) is 6.86. The summed E-state index contributed by atoms with van der Waals surface area (Å²) in [4.78, 5) is 6.58. The van der Waals surface area contributed by atoms with Crippen LogP contribution in [0.15, 0.2) is 17.1 Å². The van der Waals surface area contributed by atoms with Gasteiger partial charge in [-0.25, -0.2) is 12.7 Å². The molecule has 1 aliphatic heterocycles. The number of methoxy groups -OCH3 is 2. The highest BCUT2D eigenvalue weighted by Crippen LogP contribution is 2.33. The Bertz CT molecular complexity index is 795. The largest absolute Gasteiger partial charge is 0.493 e. The molecule has 2 rings (SSSR count). The number of nitrogens with one attached hydrogen (secondary N) is 1. The maximum atomic E-state index is 11.8. The molecule has 0 bridgehead atoms. The first-order chi connectivity index (χ1) is 13.4. The molecule has 0 saturated heterocycles. The first-order valence-corrected chi connectivity index (χ1v) is 11.1. The van der Waals surface area contributed by atoms with Crippen LogP contribution < -0.4 is 14.8 Å². The van der Waals surface area contributed by atoms with E-state index in [4.69, 9.17) is 9.47 Å². The Morgan fingerprint density at radius 3 is 2.46 bits per heavy atom. The van der Waals surface area contributed by atoms with E-state index < -0.39 is 10.0 Å². The maximum absolute atomic E-state index is 11.8. The van der Waals surface area contributed by atoms with Gasteiger partial charge in [0.1, 0.15) is 0 Å². The van der Waals surface area contributed by atoms with Crippen molar-refractivity contribution in [3.63, 3.8) is 0 Å². The van der Waals surface area contributed by atoms with Crippen LogP contribution in [0, 0.1) is 0 Å². The topological polar surface area (TPSA) is 83.5 Å². The minimum Gasteiger partial charge on any atom is -0.493 e. The molecule has 1 aromatic rings. The van der Waals surface area contributed by atoms with E-state index in [0.717, 1.165) is 37.0 Å². The van der Waals surface area contributed by atoms with Crippen LogP contribution in [0.4, 0.5) is 0 Å². The summed E-state index contributed by atoms with van der Waals surface area (Å²) in [6, 6.07) is 4.07. The Morgan fingerprint density at radius 1 is 1.25 bits per heavy atom. The molecule has 0 aromatic heterocycles. The summed E-state index contributed by atoms with van der Waals surface area (Å²) in [5, 5.41) is 3.34. The van der Waals surface area contributed by atoms with Crippen LogP contribution in [0.2, 0.25) is 0 Å². The van der Waals surface area contributed by atoms with Crippen molar-refractivity contribution in [2.24, 2.45) is 4.99 Å². The highest BCUT2D eigenvalue weighted by atomic mass is 32.2. The van der Waals surface area contributed by atoms with Gasteiger partial charge in [0.05, 0.1) is 20.0 Å². The maximum Gasteiger partial charge on any atom is 0.213 e. The lowest BCUT2D eigenvalue weighted by Gasteiger charge is -2.32. The molecular formula is C19H32N4O4S. The summed E-state index contributed by atoms with van der Waals surface area (Å²) < 4.78 is 35.8. The van der Waals surface area contributed by atoms with Crippen molar-refractivity contribution in [2.75, 3.05) is 53.7 Å². The first kappa shape index (κ1) is 22.3. The van der Waals surface area contributed by atoms with Crippen LogP contribution in [-0.4, -0.2) is 77.3 Å². The average Bonchev–Trinajstić information content (AvgIpc) is 2.72. The zero-order chi connectivity index (χ0) is 20.7. The molecule has 0 spiro atoms. The monoisotopic (exact) mass is 412 g/mol. The number of aliphatic imine (C=N–C) groups is 1. The lowest BCUT2D eigenvalue weighted by atomic mass is 9.99. The van der Waals surface area contributed by atoms with Crippen molar-refractivity contribution in [1.29, 1.82) is 0 Å². The normalized spacial score (nSPS) is 14.8. The zero-order valence-electron chi connectivity index (χ0n) is 17.5. The fourth-order valence-corrected chi connectivity index (χ4v) is 4.11. The number of rotatable bonds is 8. The van der Waals surface area contributed by atoms with Gasteiger partial charge in [-0.15, -0.1) is 0 Å². The average molecular weight is 413 g/mol. The number of nitrogens with zero attached hydrogens (tertiary/aromatic N) is 3. The molecule has 28 heavy (non-hydrogen) atoms. The van der Waals surface area contributed by atoms with Gasteiger partial charge in [0.15, 0.2) is 17.5 Å². The van der Waals surface area contributed by atoms with Crippen molar-refractivity contribution in [2.45, 2.75) is 26.3 Å². The zero-order valence-corrected chi connectivity index (χ0v) is 18.3. The second-order valence-electron chi connectivity index (χ2n) is 6.70. The molecule has 0 amide bonds. The van der Waals surface area contributed by atoms with E-state index in [2.05, 4.69) is 15.2 Å². The number of guanidine groups is 1. The van der Waals surface area contributed by atoms with Crippen molar-refractivity contribution in [1.82, 2.24) is 14.5 Å². The van der Waals surface area contributed by atoms with E-state index in [-0.39, 0.29) is 5.75 Å². The number of hydrogen-bond donors (Lipinski definition) is 1. The minimum absolute atomic E-state index is 0.125. The third kappa shape index (κ3) is 5.29. The summed E-state index contributed by atoms with van der Waals surface area (Å²) >= 11 is 0.